The van der Waals surface area contributed by atoms with Gasteiger partial charge in [-0.25, -0.2) is 12.7 Å². The lowest BCUT2D eigenvalue weighted by atomic mass is 10.2. The fourth-order valence-electron chi connectivity index (χ4n) is 1.29. The fraction of sp³-hybridized carbons (Fsp3) is 0.889. The normalized spacial score (nSPS) is 15.8. The molecule has 96 valence electrons. The number of oxime groups is 1. The van der Waals surface area contributed by atoms with E-state index in [2.05, 4.69) is 5.16 Å². The lowest BCUT2D eigenvalue weighted by Gasteiger charge is -2.24. The van der Waals surface area contributed by atoms with Crippen molar-refractivity contribution >= 4 is 15.9 Å². The van der Waals surface area contributed by atoms with Crippen LogP contribution in [0.5, 0.6) is 0 Å². The number of amidine groups is 1. The summed E-state index contributed by atoms with van der Waals surface area (Å²) in [5.41, 5.74) is 5.33. The summed E-state index contributed by atoms with van der Waals surface area (Å²) >= 11 is 0. The van der Waals surface area contributed by atoms with Crippen LogP contribution in [0.15, 0.2) is 5.16 Å². The van der Waals surface area contributed by atoms with Crippen molar-refractivity contribution in [3.8, 4) is 0 Å². The molecule has 0 aromatic heterocycles. The molecular weight excluding hydrogens is 230 g/mol. The molecule has 0 aromatic rings. The lowest BCUT2D eigenvalue weighted by molar-refractivity contribution is 0.313. The van der Waals surface area contributed by atoms with E-state index in [9.17, 15) is 8.42 Å². The maximum Gasteiger partial charge on any atom is 0.214 e. The predicted molar refractivity (Wildman–Crippen MR) is 63.9 cm³/mol. The Labute approximate surface area is 97.2 Å². The number of nitrogens with two attached hydrogens (primary N) is 1. The molecule has 16 heavy (non-hydrogen) atoms. The van der Waals surface area contributed by atoms with Crippen LogP contribution >= 0.6 is 0 Å². The highest BCUT2D eigenvalue weighted by molar-refractivity contribution is 7.89. The van der Waals surface area contributed by atoms with Crippen molar-refractivity contribution in [3.63, 3.8) is 0 Å². The molecule has 0 heterocycles. The summed E-state index contributed by atoms with van der Waals surface area (Å²) in [7, 11) is -1.76. The standard InChI is InChI=1S/C9H21N3O3S/c1-7(2)6-16(14,15)12(4)8(3)5-9(10)11-13/h7-8,13H,5-6H2,1-4H3,(H2,10,11). The molecule has 0 spiro atoms. The quantitative estimate of drug-likeness (QED) is 0.310. The molecule has 1 unspecified atom stereocenters. The van der Waals surface area contributed by atoms with Crippen molar-refractivity contribution in [2.45, 2.75) is 33.2 Å². The highest BCUT2D eigenvalue weighted by Crippen LogP contribution is 2.11. The summed E-state index contributed by atoms with van der Waals surface area (Å²) in [4.78, 5) is 0. The van der Waals surface area contributed by atoms with Crippen molar-refractivity contribution < 1.29 is 13.6 Å². The average Bonchev–Trinajstić information content (AvgIpc) is 2.14. The minimum atomic E-state index is -3.27. The molecule has 0 rings (SSSR count). The molecule has 0 aliphatic rings. The largest absolute Gasteiger partial charge is 0.409 e. The average molecular weight is 251 g/mol. The van der Waals surface area contributed by atoms with Gasteiger partial charge in [-0.3, -0.25) is 0 Å². The Hall–Kier alpha value is -0.820. The van der Waals surface area contributed by atoms with Crippen LogP contribution in [-0.2, 0) is 10.0 Å². The smallest absolute Gasteiger partial charge is 0.214 e. The number of hydrogen-bond acceptors (Lipinski definition) is 4. The van der Waals surface area contributed by atoms with Gasteiger partial charge in [-0.15, -0.1) is 0 Å². The maximum atomic E-state index is 11.8. The first-order valence-corrected chi connectivity index (χ1v) is 6.73. The minimum absolute atomic E-state index is 0.0269. The molecule has 0 aliphatic carbocycles. The van der Waals surface area contributed by atoms with Crippen LogP contribution in [0.25, 0.3) is 0 Å². The van der Waals surface area contributed by atoms with Crippen LogP contribution < -0.4 is 5.73 Å². The molecule has 1 atom stereocenters. The Morgan fingerprint density at radius 3 is 2.31 bits per heavy atom. The molecule has 0 aromatic carbocycles. The SMILES string of the molecule is CC(C)CS(=O)(=O)N(C)C(C)CC(N)=NO. The molecule has 0 amide bonds. The van der Waals surface area contributed by atoms with Gasteiger partial charge < -0.3 is 10.9 Å². The van der Waals surface area contributed by atoms with E-state index in [-0.39, 0.29) is 30.0 Å². The molecule has 7 heteroatoms. The van der Waals surface area contributed by atoms with E-state index in [0.29, 0.717) is 0 Å². The Morgan fingerprint density at radius 2 is 1.94 bits per heavy atom. The second-order valence-corrected chi connectivity index (χ2v) is 6.41. The van der Waals surface area contributed by atoms with E-state index in [4.69, 9.17) is 10.9 Å². The zero-order valence-electron chi connectivity index (χ0n) is 10.2. The van der Waals surface area contributed by atoms with E-state index in [1.54, 1.807) is 6.92 Å². The molecular formula is C9H21N3O3S. The van der Waals surface area contributed by atoms with Crippen LogP contribution in [0.2, 0.25) is 0 Å². The second kappa shape index (κ2) is 6.05. The van der Waals surface area contributed by atoms with Crippen LogP contribution in [0.4, 0.5) is 0 Å². The molecule has 0 radical (unpaired) electrons. The minimum Gasteiger partial charge on any atom is -0.409 e. The first-order valence-electron chi connectivity index (χ1n) is 5.12. The van der Waals surface area contributed by atoms with E-state index in [1.165, 1.54) is 11.4 Å². The summed E-state index contributed by atoms with van der Waals surface area (Å²) < 4.78 is 24.9. The van der Waals surface area contributed by atoms with Gasteiger partial charge in [0.2, 0.25) is 10.0 Å². The maximum absolute atomic E-state index is 11.8. The van der Waals surface area contributed by atoms with Crippen LogP contribution in [-0.4, -0.2) is 42.6 Å². The third-order valence-electron chi connectivity index (χ3n) is 2.24. The van der Waals surface area contributed by atoms with Crippen LogP contribution in [0, 0.1) is 5.92 Å². The summed E-state index contributed by atoms with van der Waals surface area (Å²) in [6.45, 7) is 5.41. The Balaban J connectivity index is 4.60. The Bertz CT molecular complexity index is 338. The highest BCUT2D eigenvalue weighted by atomic mass is 32.2. The number of nitrogens with zero attached hydrogens (tertiary/aromatic N) is 2. The summed E-state index contributed by atoms with van der Waals surface area (Å²) in [5, 5.41) is 11.2. The molecule has 0 saturated carbocycles. The third-order valence-corrected chi connectivity index (χ3v) is 4.56. The highest BCUT2D eigenvalue weighted by Gasteiger charge is 2.24. The second-order valence-electron chi connectivity index (χ2n) is 4.33. The van der Waals surface area contributed by atoms with E-state index < -0.39 is 10.0 Å². The first-order chi connectivity index (χ1) is 7.20. The van der Waals surface area contributed by atoms with Gasteiger partial charge >= 0.3 is 0 Å². The van der Waals surface area contributed by atoms with Crippen LogP contribution in [0.1, 0.15) is 27.2 Å². The van der Waals surface area contributed by atoms with Gasteiger partial charge in [-0.05, 0) is 12.8 Å². The monoisotopic (exact) mass is 251 g/mol. The van der Waals surface area contributed by atoms with Gasteiger partial charge in [0.05, 0.1) is 5.75 Å². The van der Waals surface area contributed by atoms with Crippen molar-refractivity contribution in [1.29, 1.82) is 0 Å². The van der Waals surface area contributed by atoms with Gasteiger partial charge in [0, 0.05) is 19.5 Å². The summed E-state index contributed by atoms with van der Waals surface area (Å²) in [5.74, 6) is 0.201. The van der Waals surface area contributed by atoms with Crippen LogP contribution in [0.3, 0.4) is 0 Å². The number of sulfonamides is 1. The van der Waals surface area contributed by atoms with Crippen molar-refractivity contribution in [1.82, 2.24) is 4.31 Å². The molecule has 0 saturated heterocycles. The van der Waals surface area contributed by atoms with Gasteiger partial charge in [0.1, 0.15) is 5.84 Å². The van der Waals surface area contributed by atoms with Gasteiger partial charge in [-0.1, -0.05) is 19.0 Å². The molecule has 0 bridgehead atoms. The van der Waals surface area contributed by atoms with Gasteiger partial charge in [0.15, 0.2) is 0 Å². The van der Waals surface area contributed by atoms with Gasteiger partial charge in [-0.2, -0.15) is 0 Å². The summed E-state index contributed by atoms with van der Waals surface area (Å²) in [6.07, 6.45) is 0.213. The predicted octanol–water partition coefficient (Wildman–Crippen LogP) is 0.429. The van der Waals surface area contributed by atoms with E-state index >= 15 is 0 Å². The van der Waals surface area contributed by atoms with Gasteiger partial charge in [0.25, 0.3) is 0 Å². The summed E-state index contributed by atoms with van der Waals surface area (Å²) in [6, 6.07) is -0.320. The zero-order chi connectivity index (χ0) is 12.9. The molecule has 0 aliphatic heterocycles. The Kier molecular flexibility index (Phi) is 5.74. The zero-order valence-corrected chi connectivity index (χ0v) is 11.0. The van der Waals surface area contributed by atoms with E-state index in [1.807, 2.05) is 13.8 Å². The molecule has 6 nitrogen and oxygen atoms in total. The van der Waals surface area contributed by atoms with E-state index in [0.717, 1.165) is 0 Å². The van der Waals surface area contributed by atoms with Crippen molar-refractivity contribution in [2.75, 3.05) is 12.8 Å². The fourth-order valence-corrected chi connectivity index (χ4v) is 2.99. The Morgan fingerprint density at radius 1 is 1.44 bits per heavy atom. The van der Waals surface area contributed by atoms with Crippen molar-refractivity contribution in [3.05, 3.63) is 0 Å². The number of rotatable bonds is 6. The van der Waals surface area contributed by atoms with Crippen molar-refractivity contribution in [2.24, 2.45) is 16.8 Å². The third kappa shape index (κ3) is 4.80. The topological polar surface area (TPSA) is 96.0 Å². The molecule has 3 N–H and O–H groups in total. The first kappa shape index (κ1) is 15.2. The number of hydrogen-bond donors (Lipinski definition) is 2. The lowest BCUT2D eigenvalue weighted by Crippen LogP contribution is -2.39. The molecule has 0 fully saturated rings.